The number of carboxylic acid groups (broad SMARTS) is 1. The summed E-state index contributed by atoms with van der Waals surface area (Å²) in [6.07, 6.45) is 4.07. The summed E-state index contributed by atoms with van der Waals surface area (Å²) in [5, 5.41) is 15.8. The van der Waals surface area contributed by atoms with Gasteiger partial charge in [-0.15, -0.1) is 11.3 Å². The highest BCUT2D eigenvalue weighted by Gasteiger charge is 2.57. The third-order valence-electron chi connectivity index (χ3n) is 8.29. The van der Waals surface area contributed by atoms with E-state index >= 15 is 4.39 Å². The molecule has 174 valence electrons. The molecule has 4 atom stereocenters. The van der Waals surface area contributed by atoms with Crippen LogP contribution in [0.4, 0.5) is 14.9 Å². The van der Waals surface area contributed by atoms with Gasteiger partial charge in [0, 0.05) is 37.0 Å². The Bertz CT molecular complexity index is 1680. The maximum atomic E-state index is 15.9. The standard InChI is InChI=1S/C24H21FN4O4S/c1-26-17-15-9-34-22-21(33-23(31)32)20(30)11-5-14(25)19(16(17)18(11)29(15)22)28-7-12-10-3-4-24(6-10,27-2)13(12)8-28/h3-5,9-10,12-13,27H,6-8H2,1-2H3,(H,31,32). The molecule has 0 radical (unpaired) electrons. The number of likely N-dealkylation sites (N-methyl/N-ethyl adjacent to an activating group) is 1. The molecule has 10 heteroatoms. The molecule has 2 aliphatic carbocycles. The van der Waals surface area contributed by atoms with Gasteiger partial charge in [-0.2, -0.15) is 0 Å². The molecule has 3 aliphatic rings. The number of pyridine rings is 1. The second-order valence-electron chi connectivity index (χ2n) is 9.53. The molecule has 0 spiro atoms. The number of aromatic nitrogens is 1. The van der Waals surface area contributed by atoms with Crippen LogP contribution in [0.1, 0.15) is 6.42 Å². The van der Waals surface area contributed by atoms with Crippen molar-refractivity contribution in [3.8, 4) is 5.75 Å². The van der Waals surface area contributed by atoms with Crippen molar-refractivity contribution in [1.82, 2.24) is 9.72 Å². The number of hydrogen-bond donors (Lipinski definition) is 2. The molecular formula is C24H21FN4O4S. The van der Waals surface area contributed by atoms with Crippen molar-refractivity contribution < 1.29 is 19.0 Å². The molecule has 4 unspecified atom stereocenters. The van der Waals surface area contributed by atoms with Crippen molar-refractivity contribution in [3.05, 3.63) is 45.0 Å². The van der Waals surface area contributed by atoms with Gasteiger partial charge in [-0.3, -0.25) is 14.2 Å². The predicted octanol–water partition coefficient (Wildman–Crippen LogP) is 2.87. The Kier molecular flexibility index (Phi) is 3.83. The van der Waals surface area contributed by atoms with E-state index < -0.39 is 17.4 Å². The fraction of sp³-hybridized carbons (Fsp3) is 0.375. The van der Waals surface area contributed by atoms with Crippen LogP contribution in [0.15, 0.2) is 33.4 Å². The fourth-order valence-electron chi connectivity index (χ4n) is 6.94. The third kappa shape index (κ3) is 2.23. The van der Waals surface area contributed by atoms with Crippen LogP contribution >= 0.6 is 11.3 Å². The molecular weight excluding hydrogens is 459 g/mol. The van der Waals surface area contributed by atoms with E-state index in [1.54, 1.807) is 11.4 Å². The summed E-state index contributed by atoms with van der Waals surface area (Å²) >= 11 is 1.21. The first-order valence-electron chi connectivity index (χ1n) is 11.2. The normalized spacial score (nSPS) is 28.4. The van der Waals surface area contributed by atoms with Gasteiger partial charge in [0.2, 0.25) is 11.2 Å². The molecule has 2 bridgehead atoms. The zero-order valence-corrected chi connectivity index (χ0v) is 19.3. The minimum atomic E-state index is -1.58. The zero-order chi connectivity index (χ0) is 23.5. The van der Waals surface area contributed by atoms with Crippen molar-refractivity contribution in [3.63, 3.8) is 0 Å². The molecule has 8 nitrogen and oxygen atoms in total. The van der Waals surface area contributed by atoms with E-state index in [9.17, 15) is 14.7 Å². The Morgan fingerprint density at radius 2 is 2.24 bits per heavy atom. The Morgan fingerprint density at radius 3 is 2.97 bits per heavy atom. The van der Waals surface area contributed by atoms with Gasteiger partial charge in [0.15, 0.2) is 0 Å². The molecule has 0 amide bonds. The average molecular weight is 481 g/mol. The van der Waals surface area contributed by atoms with Crippen LogP contribution in [0.2, 0.25) is 0 Å². The van der Waals surface area contributed by atoms with E-state index in [0.29, 0.717) is 56.6 Å². The summed E-state index contributed by atoms with van der Waals surface area (Å²) in [4.78, 5) is 31.5. The number of allylic oxidation sites excluding steroid dienone is 1. The maximum absolute atomic E-state index is 15.9. The highest BCUT2D eigenvalue weighted by Crippen LogP contribution is 2.55. The van der Waals surface area contributed by atoms with Crippen molar-refractivity contribution in [2.75, 3.05) is 32.1 Å². The van der Waals surface area contributed by atoms with Crippen LogP contribution in [0.5, 0.6) is 5.75 Å². The second kappa shape index (κ2) is 6.45. The SMILES string of the molecule is CN=c1c2c(N3CC4C5C=CC(NC)(C5)C4C3)c(F)cc3c(=O)c(OC(=O)O)c4scc1n4c32. The summed E-state index contributed by atoms with van der Waals surface area (Å²) in [6, 6.07) is 1.23. The summed E-state index contributed by atoms with van der Waals surface area (Å²) in [7, 11) is 3.64. The average Bonchev–Trinajstić information content (AvgIpc) is 3.60. The third-order valence-corrected chi connectivity index (χ3v) is 9.22. The van der Waals surface area contributed by atoms with Crippen LogP contribution in [-0.4, -0.2) is 48.4 Å². The molecule has 3 aromatic heterocycles. The van der Waals surface area contributed by atoms with E-state index in [1.807, 2.05) is 12.4 Å². The van der Waals surface area contributed by atoms with Crippen molar-refractivity contribution in [2.24, 2.45) is 22.7 Å². The Balaban J connectivity index is 1.50. The number of halogens is 1. The number of thiazole rings is 1. The first-order valence-corrected chi connectivity index (χ1v) is 12.1. The molecule has 34 heavy (non-hydrogen) atoms. The van der Waals surface area contributed by atoms with E-state index in [-0.39, 0.29) is 16.7 Å². The minimum absolute atomic E-state index is 0.0507. The van der Waals surface area contributed by atoms with Gasteiger partial charge in [-0.05, 0) is 31.4 Å². The molecule has 2 fully saturated rings. The zero-order valence-electron chi connectivity index (χ0n) is 18.5. The lowest BCUT2D eigenvalue weighted by Gasteiger charge is -2.32. The van der Waals surface area contributed by atoms with Crippen molar-refractivity contribution >= 4 is 49.8 Å². The van der Waals surface area contributed by atoms with Crippen LogP contribution in [-0.2, 0) is 0 Å². The van der Waals surface area contributed by atoms with Crippen LogP contribution < -0.4 is 25.7 Å². The Labute approximate surface area is 196 Å². The summed E-state index contributed by atoms with van der Waals surface area (Å²) in [5.41, 5.74) is 1.05. The monoisotopic (exact) mass is 480 g/mol. The Hall–Kier alpha value is -3.24. The fourth-order valence-corrected chi connectivity index (χ4v) is 7.91. The van der Waals surface area contributed by atoms with E-state index in [2.05, 4.69) is 27.4 Å². The number of carbonyl (C=O) groups is 1. The van der Waals surface area contributed by atoms with Gasteiger partial charge < -0.3 is 20.1 Å². The predicted molar refractivity (Wildman–Crippen MR) is 127 cm³/mol. The molecule has 1 aliphatic heterocycles. The number of ether oxygens (including phenoxy) is 1. The second-order valence-corrected chi connectivity index (χ2v) is 10.4. The van der Waals surface area contributed by atoms with E-state index in [0.717, 1.165) is 13.0 Å². The number of nitrogens with one attached hydrogen (secondary N) is 1. The van der Waals surface area contributed by atoms with Crippen LogP contribution in [0, 0.1) is 23.6 Å². The minimum Gasteiger partial charge on any atom is -0.449 e. The van der Waals surface area contributed by atoms with E-state index in [1.165, 1.54) is 17.4 Å². The van der Waals surface area contributed by atoms with E-state index in [4.69, 9.17) is 4.74 Å². The number of anilines is 1. The van der Waals surface area contributed by atoms with Crippen LogP contribution in [0.3, 0.4) is 0 Å². The summed E-state index contributed by atoms with van der Waals surface area (Å²) < 4.78 is 22.5. The van der Waals surface area contributed by atoms with Gasteiger partial charge >= 0.3 is 6.16 Å². The molecule has 1 saturated carbocycles. The number of hydrogen-bond acceptors (Lipinski definition) is 7. The van der Waals surface area contributed by atoms with Gasteiger partial charge in [0.05, 0.1) is 32.9 Å². The first kappa shape index (κ1) is 20.2. The van der Waals surface area contributed by atoms with Gasteiger partial charge in [0.1, 0.15) is 10.6 Å². The first-order chi connectivity index (χ1) is 16.4. The van der Waals surface area contributed by atoms with Gasteiger partial charge in [-0.25, -0.2) is 9.18 Å². The quantitative estimate of drug-likeness (QED) is 0.346. The number of nitrogens with zero attached hydrogens (tertiary/aromatic N) is 3. The smallest absolute Gasteiger partial charge is 0.449 e. The molecule has 4 aromatic rings. The molecule has 4 heterocycles. The van der Waals surface area contributed by atoms with Crippen molar-refractivity contribution in [1.29, 1.82) is 0 Å². The molecule has 1 aromatic carbocycles. The lowest BCUT2D eigenvalue weighted by Crippen LogP contribution is -2.46. The lowest BCUT2D eigenvalue weighted by molar-refractivity contribution is 0.144. The largest absolute Gasteiger partial charge is 0.511 e. The van der Waals surface area contributed by atoms with Crippen LogP contribution in [0.25, 0.3) is 26.6 Å². The molecule has 1 saturated heterocycles. The van der Waals surface area contributed by atoms with Gasteiger partial charge in [0.25, 0.3) is 0 Å². The highest BCUT2D eigenvalue weighted by atomic mass is 32.1. The number of fused-ring (bicyclic) bond motifs is 5. The summed E-state index contributed by atoms with van der Waals surface area (Å²) in [5.74, 6) is 0.479. The summed E-state index contributed by atoms with van der Waals surface area (Å²) in [6.45, 7) is 1.45. The maximum Gasteiger partial charge on any atom is 0.511 e. The van der Waals surface area contributed by atoms with Crippen molar-refractivity contribution in [2.45, 2.75) is 12.0 Å². The molecule has 7 rings (SSSR count). The number of rotatable bonds is 3. The number of benzene rings is 1. The Morgan fingerprint density at radius 1 is 1.41 bits per heavy atom. The molecule has 2 N–H and O–H groups in total. The lowest BCUT2D eigenvalue weighted by atomic mass is 9.82. The van der Waals surface area contributed by atoms with Gasteiger partial charge in [-0.1, -0.05) is 12.2 Å². The highest BCUT2D eigenvalue weighted by molar-refractivity contribution is 7.16. The topological polar surface area (TPSA) is 95.6 Å².